The van der Waals surface area contributed by atoms with E-state index >= 15 is 0 Å². The zero-order valence-corrected chi connectivity index (χ0v) is 32.1. The molecule has 1 fully saturated rings. The molecule has 57 heavy (non-hydrogen) atoms. The molecule has 2 atom stereocenters. The molecule has 2 spiro atoms. The van der Waals surface area contributed by atoms with Gasteiger partial charge in [-0.1, -0.05) is 61.3 Å². The second-order valence-corrected chi connectivity index (χ2v) is 17.0. The number of amides is 2. The Kier molecular flexibility index (Phi) is 11.7. The van der Waals surface area contributed by atoms with Gasteiger partial charge in [-0.25, -0.2) is 32.0 Å². The van der Waals surface area contributed by atoms with Crippen LogP contribution in [0.4, 0.5) is 22.0 Å². The van der Waals surface area contributed by atoms with Gasteiger partial charge in [0, 0.05) is 24.0 Å². The number of nitrogens with zero attached hydrogens (tertiary/aromatic N) is 4. The molecule has 4 aromatic carbocycles. The fourth-order valence-corrected chi connectivity index (χ4v) is 11.3. The Labute approximate surface area is 337 Å². The molecule has 2 amide bonds. The molecule has 3 aliphatic heterocycles. The summed E-state index contributed by atoms with van der Waals surface area (Å²) in [6.45, 7) is 2.97. The number of benzene rings is 4. The number of thioether (sulfide) groups is 2. The lowest BCUT2D eigenvalue weighted by Crippen LogP contribution is -2.47. The number of halogens is 5. The van der Waals surface area contributed by atoms with Crippen molar-refractivity contribution in [3.05, 3.63) is 141 Å². The highest BCUT2D eigenvalue weighted by Gasteiger charge is 2.53. The molecule has 298 valence electrons. The third-order valence-electron chi connectivity index (χ3n) is 11.0. The topological polar surface area (TPSA) is 77.4 Å². The van der Waals surface area contributed by atoms with Crippen LogP contribution >= 0.6 is 23.5 Å². The van der Waals surface area contributed by atoms with Crippen LogP contribution in [0.25, 0.3) is 0 Å². The number of hydrogen-bond donors (Lipinski definition) is 1. The minimum absolute atomic E-state index is 0. The van der Waals surface area contributed by atoms with Gasteiger partial charge in [-0.3, -0.25) is 9.59 Å². The number of hydrazone groups is 2. The van der Waals surface area contributed by atoms with Crippen LogP contribution in [0.5, 0.6) is 0 Å². The van der Waals surface area contributed by atoms with E-state index < -0.39 is 38.8 Å². The molecule has 0 bridgehead atoms. The maximum absolute atomic E-state index is 14.6. The molecule has 7 nitrogen and oxygen atoms in total. The molecule has 4 aromatic rings. The smallest absolute Gasteiger partial charge is 0.247 e. The van der Waals surface area contributed by atoms with Crippen LogP contribution in [-0.2, 0) is 32.2 Å². The highest BCUT2D eigenvalue weighted by atomic mass is 32.2. The first-order chi connectivity index (χ1) is 27.0. The third-order valence-corrected chi connectivity index (χ3v) is 13.8. The Morgan fingerprint density at radius 1 is 0.684 bits per heavy atom. The van der Waals surface area contributed by atoms with E-state index in [-0.39, 0.29) is 41.3 Å². The van der Waals surface area contributed by atoms with E-state index in [4.69, 9.17) is 0 Å². The van der Waals surface area contributed by atoms with Crippen LogP contribution in [0.15, 0.2) is 89.1 Å². The van der Waals surface area contributed by atoms with Gasteiger partial charge in [0.25, 0.3) is 0 Å². The molecule has 3 heterocycles. The number of nitrogens with one attached hydrogen (secondary N) is 1. The summed E-state index contributed by atoms with van der Waals surface area (Å²) in [5, 5.41) is 15.7. The van der Waals surface area contributed by atoms with E-state index in [0.29, 0.717) is 17.0 Å². The number of fused-ring (bicyclic) bond motifs is 4. The SMILES string of the molecule is C.CC(=O)N1N=C(c2cc(F)ccc2F)SC12CCCc1ccc(F)cc12.O=C(C1CCNCC1)N1N=C(c2cc(F)ccc2F)SC12CCCc1ccccc12. The quantitative estimate of drug-likeness (QED) is 0.209. The van der Waals surface area contributed by atoms with Crippen molar-refractivity contribution in [2.24, 2.45) is 16.1 Å². The van der Waals surface area contributed by atoms with Gasteiger partial charge in [-0.2, -0.15) is 10.2 Å². The molecule has 2 aliphatic carbocycles. The van der Waals surface area contributed by atoms with Gasteiger partial charge in [-0.15, -0.1) is 0 Å². The average molecular weight is 820 g/mol. The van der Waals surface area contributed by atoms with E-state index in [1.807, 2.05) is 18.2 Å². The molecule has 5 aliphatic rings. The molecule has 0 aromatic heterocycles. The molecular formula is C43H42F5N5O2S2. The lowest BCUT2D eigenvalue weighted by molar-refractivity contribution is -0.140. The van der Waals surface area contributed by atoms with Gasteiger partial charge >= 0.3 is 0 Å². The molecule has 9 rings (SSSR count). The number of hydrogen-bond acceptors (Lipinski definition) is 7. The zero-order chi connectivity index (χ0) is 39.2. The van der Waals surface area contributed by atoms with Crippen molar-refractivity contribution in [1.29, 1.82) is 0 Å². The Hall–Kier alpha value is -4.53. The van der Waals surface area contributed by atoms with Crippen molar-refractivity contribution in [3.8, 4) is 0 Å². The van der Waals surface area contributed by atoms with E-state index in [2.05, 4.69) is 21.6 Å². The van der Waals surface area contributed by atoms with Crippen molar-refractivity contribution in [2.45, 2.75) is 75.5 Å². The maximum Gasteiger partial charge on any atom is 0.247 e. The summed E-state index contributed by atoms with van der Waals surface area (Å²) in [6.07, 6.45) is 6.21. The fourth-order valence-electron chi connectivity index (χ4n) is 8.33. The van der Waals surface area contributed by atoms with E-state index in [1.54, 1.807) is 11.1 Å². The first-order valence-electron chi connectivity index (χ1n) is 18.7. The molecular weight excluding hydrogens is 778 g/mol. The number of carbonyl (C=O) groups excluding carboxylic acids is 2. The molecule has 1 N–H and O–H groups in total. The monoisotopic (exact) mass is 819 g/mol. The normalized spacial score (nSPS) is 22.6. The van der Waals surface area contributed by atoms with Gasteiger partial charge in [0.2, 0.25) is 11.8 Å². The minimum Gasteiger partial charge on any atom is -0.317 e. The second-order valence-electron chi connectivity index (χ2n) is 14.5. The molecule has 14 heteroatoms. The van der Waals surface area contributed by atoms with Crippen LogP contribution in [0.3, 0.4) is 0 Å². The van der Waals surface area contributed by atoms with Crippen LogP contribution in [0.1, 0.15) is 86.3 Å². The van der Waals surface area contributed by atoms with Crippen molar-refractivity contribution < 1.29 is 31.5 Å². The van der Waals surface area contributed by atoms with Crippen molar-refractivity contribution in [3.63, 3.8) is 0 Å². The van der Waals surface area contributed by atoms with Crippen LogP contribution in [0, 0.1) is 35.0 Å². The average Bonchev–Trinajstić information content (AvgIpc) is 3.77. The van der Waals surface area contributed by atoms with E-state index in [0.717, 1.165) is 99.5 Å². The number of piperidine rings is 1. The lowest BCUT2D eigenvalue weighted by Gasteiger charge is -2.41. The standard InChI is InChI=1S/C23H23F2N3OS.C19H15F3N2OS.CH4/c24-17-7-8-20(25)18(14-17)21-27-28(22(29)16-9-12-26-13-10-16)23(30-21)11-3-5-15-4-1-2-6-19(15)23;1-11(25)24-19(8-2-3-12-4-5-14(21)10-16(12)19)26-18(23-24)15-9-13(20)6-7-17(15)22;/h1-2,4,6-8,14,16,26H,3,5,9-13H2;4-7,9-10H,2-3,8H2,1H3;1H4. The number of carbonyl (C=O) groups is 2. The van der Waals surface area contributed by atoms with Crippen LogP contribution < -0.4 is 5.32 Å². The highest BCUT2D eigenvalue weighted by molar-refractivity contribution is 8.15. The third kappa shape index (κ3) is 7.51. The predicted molar refractivity (Wildman–Crippen MR) is 215 cm³/mol. The molecule has 0 radical (unpaired) electrons. The zero-order valence-electron chi connectivity index (χ0n) is 30.5. The Morgan fingerprint density at radius 3 is 1.79 bits per heavy atom. The first-order valence-corrected chi connectivity index (χ1v) is 20.3. The molecule has 2 unspecified atom stereocenters. The summed E-state index contributed by atoms with van der Waals surface area (Å²) < 4.78 is 70.3. The molecule has 1 saturated heterocycles. The summed E-state index contributed by atoms with van der Waals surface area (Å²) in [6, 6.07) is 19.1. The van der Waals surface area contributed by atoms with Gasteiger partial charge in [0.15, 0.2) is 0 Å². The Bertz CT molecular complexity index is 2280. The van der Waals surface area contributed by atoms with E-state index in [9.17, 15) is 31.5 Å². The predicted octanol–water partition coefficient (Wildman–Crippen LogP) is 9.58. The van der Waals surface area contributed by atoms with Crippen molar-refractivity contribution in [1.82, 2.24) is 15.3 Å². The van der Waals surface area contributed by atoms with Gasteiger partial charge < -0.3 is 5.32 Å². The Balaban J connectivity index is 0.000000173. The first kappa shape index (κ1) is 40.7. The summed E-state index contributed by atoms with van der Waals surface area (Å²) in [4.78, 5) is 24.3. The van der Waals surface area contributed by atoms with E-state index in [1.165, 1.54) is 59.2 Å². The van der Waals surface area contributed by atoms with Gasteiger partial charge in [0.05, 0.1) is 0 Å². The van der Waals surface area contributed by atoms with Crippen molar-refractivity contribution in [2.75, 3.05) is 13.1 Å². The Morgan fingerprint density at radius 2 is 1.19 bits per heavy atom. The van der Waals surface area contributed by atoms with Crippen LogP contribution in [0.2, 0.25) is 0 Å². The second kappa shape index (κ2) is 16.4. The minimum atomic E-state index is -0.935. The number of aryl methyl sites for hydroxylation is 2. The summed E-state index contributed by atoms with van der Waals surface area (Å²) in [5.41, 5.74) is 3.96. The summed E-state index contributed by atoms with van der Waals surface area (Å²) >= 11 is 2.57. The van der Waals surface area contributed by atoms with Crippen LogP contribution in [-0.4, -0.2) is 45.0 Å². The van der Waals surface area contributed by atoms with Gasteiger partial charge in [0.1, 0.15) is 48.9 Å². The number of rotatable bonds is 3. The van der Waals surface area contributed by atoms with Gasteiger partial charge in [-0.05, 0) is 135 Å². The highest BCUT2D eigenvalue weighted by Crippen LogP contribution is 2.55. The summed E-state index contributed by atoms with van der Waals surface area (Å²) in [7, 11) is 0. The van der Waals surface area contributed by atoms with Crippen molar-refractivity contribution >= 4 is 45.4 Å². The molecule has 0 saturated carbocycles. The fraction of sp³-hybridized carbons (Fsp3) is 0.349. The summed E-state index contributed by atoms with van der Waals surface area (Å²) in [5.74, 6) is -3.12. The lowest BCUT2D eigenvalue weighted by atomic mass is 9.85. The maximum atomic E-state index is 14.6. The largest absolute Gasteiger partial charge is 0.317 e.